The molecule has 5 aliphatic carbocycles. The lowest BCUT2D eigenvalue weighted by atomic mass is 9.32. The van der Waals surface area contributed by atoms with Crippen molar-refractivity contribution in [3.05, 3.63) is 77.4 Å². The zero-order valence-electron chi connectivity index (χ0n) is 30.4. The van der Waals surface area contributed by atoms with Crippen LogP contribution in [0.5, 0.6) is 0 Å². The first kappa shape index (κ1) is 33.1. The largest absolute Gasteiger partial charge is 0.460 e. The summed E-state index contributed by atoms with van der Waals surface area (Å²) in [4.78, 5) is 14.3. The van der Waals surface area contributed by atoms with E-state index in [2.05, 4.69) is 97.9 Å². The minimum absolute atomic E-state index is 0.0270. The molecule has 0 spiro atoms. The van der Waals surface area contributed by atoms with Crippen LogP contribution in [0.15, 0.2) is 60.7 Å². The number of esters is 1. The molecule has 0 radical (unpaired) electrons. The second kappa shape index (κ2) is 11.3. The number of hydrogen-bond donors (Lipinski definition) is 1. The molecule has 0 aliphatic heterocycles. The van der Waals surface area contributed by atoms with Crippen LogP contribution in [-0.2, 0) is 16.1 Å². The van der Waals surface area contributed by atoms with Gasteiger partial charge in [-0.15, -0.1) is 0 Å². The molecule has 3 nitrogen and oxygen atoms in total. The van der Waals surface area contributed by atoms with Gasteiger partial charge in [-0.3, -0.25) is 4.79 Å². The van der Waals surface area contributed by atoms with Crippen molar-refractivity contribution in [1.29, 1.82) is 0 Å². The molecule has 1 unspecified atom stereocenters. The monoisotopic (exact) mass is 636 g/mol. The Balaban J connectivity index is 1.23. The number of benzene rings is 2. The summed E-state index contributed by atoms with van der Waals surface area (Å²) in [5.41, 5.74) is 4.57. The van der Waals surface area contributed by atoms with Crippen LogP contribution in [0.3, 0.4) is 0 Å². The Morgan fingerprint density at radius 2 is 1.53 bits per heavy atom. The topological polar surface area (TPSA) is 46.5 Å². The van der Waals surface area contributed by atoms with Gasteiger partial charge in [-0.25, -0.2) is 0 Å². The highest BCUT2D eigenvalue weighted by atomic mass is 16.5. The lowest BCUT2D eigenvalue weighted by Gasteiger charge is -2.72. The molecule has 47 heavy (non-hydrogen) atoms. The van der Waals surface area contributed by atoms with Crippen LogP contribution in [0.4, 0.5) is 0 Å². The van der Waals surface area contributed by atoms with Gasteiger partial charge in [0.2, 0.25) is 0 Å². The van der Waals surface area contributed by atoms with Gasteiger partial charge >= 0.3 is 5.97 Å². The second-order valence-corrected chi connectivity index (χ2v) is 18.3. The van der Waals surface area contributed by atoms with E-state index in [1.807, 2.05) is 18.2 Å². The number of aliphatic hydroxyl groups is 1. The third kappa shape index (κ3) is 4.64. The van der Waals surface area contributed by atoms with Gasteiger partial charge < -0.3 is 9.84 Å². The predicted octanol–water partition coefficient (Wildman–Crippen LogP) is 10.4. The highest BCUT2D eigenvalue weighted by molar-refractivity contribution is 5.78. The van der Waals surface area contributed by atoms with Gasteiger partial charge in [0.15, 0.2) is 0 Å². The Labute approximate surface area is 285 Å². The summed E-state index contributed by atoms with van der Waals surface area (Å²) in [7, 11) is 0. The van der Waals surface area contributed by atoms with Crippen LogP contribution in [-0.4, -0.2) is 17.2 Å². The maximum Gasteiger partial charge on any atom is 0.312 e. The lowest BCUT2D eigenvalue weighted by Crippen LogP contribution is -2.68. The van der Waals surface area contributed by atoms with Gasteiger partial charge in [0.05, 0.1) is 11.5 Å². The van der Waals surface area contributed by atoms with E-state index in [1.54, 1.807) is 0 Å². The Hall–Kier alpha value is -2.39. The van der Waals surface area contributed by atoms with Crippen molar-refractivity contribution in [3.63, 3.8) is 0 Å². The molecule has 5 aliphatic rings. The standard InChI is InChI=1S/C44H60O3/c1-28(2)32-20-23-44(39(46)47-27-30-12-10-9-11-13-30)25-24-41(6)33(38(32)44)18-19-36-42(41,7)22-21-35-40(4,5)34(26-37(45)43(35,36)8)31-16-14-29(3)15-17-31/h9-17,26,28,32-33,35-38,45H,18-25,27H2,1-8H3/t32-,33+,35-,36-,37?,38+,41+,42+,43-,44-/m0/s1. The molecule has 0 amide bonds. The van der Waals surface area contributed by atoms with Crippen LogP contribution in [0.2, 0.25) is 0 Å². The summed E-state index contributed by atoms with van der Waals surface area (Å²) in [5, 5.41) is 12.3. The first-order valence-corrected chi connectivity index (χ1v) is 18.9. The van der Waals surface area contributed by atoms with Crippen LogP contribution in [0.1, 0.15) is 117 Å². The fourth-order valence-corrected chi connectivity index (χ4v) is 13.4. The normalized spacial score (nSPS) is 42.0. The minimum Gasteiger partial charge on any atom is -0.460 e. The summed E-state index contributed by atoms with van der Waals surface area (Å²) in [6, 6.07) is 19.1. The van der Waals surface area contributed by atoms with Crippen molar-refractivity contribution in [2.24, 2.45) is 62.6 Å². The van der Waals surface area contributed by atoms with E-state index in [0.29, 0.717) is 42.1 Å². The average Bonchev–Trinajstić information content (AvgIpc) is 3.44. The Kier molecular flexibility index (Phi) is 7.98. The maximum atomic E-state index is 14.3. The molecule has 7 rings (SSSR count). The first-order chi connectivity index (χ1) is 22.2. The molecular formula is C44H60O3. The fraction of sp³-hybridized carbons (Fsp3) is 0.659. The number of aryl methyl sites for hydroxylation is 1. The van der Waals surface area contributed by atoms with Crippen molar-refractivity contribution in [3.8, 4) is 0 Å². The molecule has 1 N–H and O–H groups in total. The average molecular weight is 637 g/mol. The summed E-state index contributed by atoms with van der Waals surface area (Å²) in [5.74, 6) is 2.90. The second-order valence-electron chi connectivity index (χ2n) is 18.3. The van der Waals surface area contributed by atoms with Crippen LogP contribution in [0, 0.1) is 69.5 Å². The van der Waals surface area contributed by atoms with E-state index in [1.165, 1.54) is 23.1 Å². The summed E-state index contributed by atoms with van der Waals surface area (Å²) in [6.45, 7) is 19.9. The zero-order valence-corrected chi connectivity index (χ0v) is 30.4. The summed E-state index contributed by atoms with van der Waals surface area (Å²) < 4.78 is 6.24. The molecule has 0 heterocycles. The van der Waals surface area contributed by atoms with Crippen molar-refractivity contribution >= 4 is 11.5 Å². The van der Waals surface area contributed by atoms with Crippen molar-refractivity contribution in [1.82, 2.24) is 0 Å². The number of ether oxygens (including phenoxy) is 1. The van der Waals surface area contributed by atoms with E-state index < -0.39 is 6.10 Å². The molecule has 4 saturated carbocycles. The molecule has 254 valence electrons. The van der Waals surface area contributed by atoms with Crippen LogP contribution < -0.4 is 0 Å². The Morgan fingerprint density at radius 1 is 0.830 bits per heavy atom. The number of aliphatic hydroxyl groups excluding tert-OH is 1. The third-order valence-corrected chi connectivity index (χ3v) is 16.0. The fourth-order valence-electron chi connectivity index (χ4n) is 13.4. The van der Waals surface area contributed by atoms with E-state index in [4.69, 9.17) is 4.74 Å². The molecule has 0 aromatic heterocycles. The van der Waals surface area contributed by atoms with Gasteiger partial charge in [0, 0.05) is 5.41 Å². The van der Waals surface area contributed by atoms with E-state index >= 15 is 0 Å². The van der Waals surface area contributed by atoms with Gasteiger partial charge in [-0.1, -0.05) is 115 Å². The molecule has 10 atom stereocenters. The molecule has 3 heteroatoms. The van der Waals surface area contributed by atoms with Crippen LogP contribution in [0.25, 0.3) is 5.57 Å². The van der Waals surface area contributed by atoms with Gasteiger partial charge in [0.25, 0.3) is 0 Å². The number of carbonyl (C=O) groups is 1. The predicted molar refractivity (Wildman–Crippen MR) is 191 cm³/mol. The number of allylic oxidation sites excluding steroid dienone is 1. The molecular weight excluding hydrogens is 576 g/mol. The van der Waals surface area contributed by atoms with Crippen molar-refractivity contribution in [2.75, 3.05) is 0 Å². The van der Waals surface area contributed by atoms with Crippen molar-refractivity contribution < 1.29 is 14.6 Å². The SMILES string of the molecule is Cc1ccc(C2=CC(O)[C@]3(C)[C@H]4CC[C@@H]5[C@H]6[C@H](C(C)C)CC[C@]6(C(=O)OCc6ccccc6)CC[C@@]5(C)[C@]4(C)CC[C@H]3C2(C)C)cc1. The number of rotatable bonds is 5. The van der Waals surface area contributed by atoms with Crippen LogP contribution >= 0.6 is 0 Å². The lowest BCUT2D eigenvalue weighted by molar-refractivity contribution is -0.245. The Morgan fingerprint density at radius 3 is 2.21 bits per heavy atom. The van der Waals surface area contributed by atoms with Gasteiger partial charge in [-0.2, -0.15) is 0 Å². The van der Waals surface area contributed by atoms with E-state index in [-0.39, 0.29) is 33.0 Å². The van der Waals surface area contributed by atoms with Gasteiger partial charge in [0.1, 0.15) is 6.61 Å². The Bertz CT molecular complexity index is 1520. The quantitative estimate of drug-likeness (QED) is 0.332. The number of fused-ring (bicyclic) bond motifs is 7. The molecule has 0 bridgehead atoms. The smallest absolute Gasteiger partial charge is 0.312 e. The van der Waals surface area contributed by atoms with E-state index in [9.17, 15) is 9.90 Å². The molecule has 4 fully saturated rings. The van der Waals surface area contributed by atoms with Gasteiger partial charge in [-0.05, 0) is 127 Å². The summed E-state index contributed by atoms with van der Waals surface area (Å²) >= 11 is 0. The first-order valence-electron chi connectivity index (χ1n) is 18.9. The van der Waals surface area contributed by atoms with E-state index in [0.717, 1.165) is 50.5 Å². The number of hydrogen-bond acceptors (Lipinski definition) is 3. The highest BCUT2D eigenvalue weighted by Gasteiger charge is 2.73. The summed E-state index contributed by atoms with van der Waals surface area (Å²) in [6.07, 6.45) is 10.5. The highest BCUT2D eigenvalue weighted by Crippen LogP contribution is 2.77. The molecule has 2 aromatic rings. The third-order valence-electron chi connectivity index (χ3n) is 16.0. The molecule has 2 aromatic carbocycles. The maximum absolute atomic E-state index is 14.3. The number of carbonyl (C=O) groups excluding carboxylic acids is 1. The molecule has 0 saturated heterocycles. The van der Waals surface area contributed by atoms with Crippen molar-refractivity contribution in [2.45, 2.75) is 119 Å². The zero-order chi connectivity index (χ0) is 33.6. The minimum atomic E-state index is -0.466.